The Labute approximate surface area is 166 Å². The van der Waals surface area contributed by atoms with Crippen molar-refractivity contribution in [2.24, 2.45) is 5.92 Å². The maximum Gasteiger partial charge on any atom is 0.410 e. The quantitative estimate of drug-likeness (QED) is 0.658. The number of amides is 1. The van der Waals surface area contributed by atoms with Crippen molar-refractivity contribution in [3.05, 3.63) is 35.5 Å². The van der Waals surface area contributed by atoms with E-state index in [4.69, 9.17) is 16.3 Å². The average Bonchev–Trinajstić information content (AvgIpc) is 3.39. The van der Waals surface area contributed by atoms with Gasteiger partial charge >= 0.3 is 6.09 Å². The van der Waals surface area contributed by atoms with Crippen molar-refractivity contribution < 1.29 is 9.53 Å². The molecule has 146 valence electrons. The molecule has 1 aliphatic heterocycles. The van der Waals surface area contributed by atoms with Crippen LogP contribution in [-0.2, 0) is 4.74 Å². The Kier molecular flexibility index (Phi) is 4.87. The predicted molar refractivity (Wildman–Crippen MR) is 109 cm³/mol. The van der Waals surface area contributed by atoms with Crippen LogP contribution in [0.4, 0.5) is 4.79 Å². The van der Waals surface area contributed by atoms with Crippen molar-refractivity contribution in [1.82, 2.24) is 9.88 Å². The number of nitrogens with zero attached hydrogens (tertiary/aromatic N) is 1. The molecule has 2 aliphatic rings. The van der Waals surface area contributed by atoms with Gasteiger partial charge in [-0.05, 0) is 81.5 Å². The van der Waals surface area contributed by atoms with E-state index in [9.17, 15) is 4.79 Å². The lowest BCUT2D eigenvalue weighted by atomic mass is 9.89. The molecule has 0 bridgehead atoms. The molecule has 1 N–H and O–H groups in total. The van der Waals surface area contributed by atoms with Gasteiger partial charge in [-0.2, -0.15) is 0 Å². The van der Waals surface area contributed by atoms with Gasteiger partial charge in [0.05, 0.1) is 5.38 Å². The Bertz CT molecular complexity index is 826. The molecule has 1 aliphatic carbocycles. The Morgan fingerprint density at radius 2 is 1.93 bits per heavy atom. The topological polar surface area (TPSA) is 45.3 Å². The van der Waals surface area contributed by atoms with E-state index in [1.165, 1.54) is 34.9 Å². The summed E-state index contributed by atoms with van der Waals surface area (Å²) in [5.41, 5.74) is 3.32. The maximum atomic E-state index is 12.3. The SMILES string of the molecule is CC(C)(C)OC(=O)N1CCC(c2c[nH]c3ccc([C@@H](Cl)C4CC4)cc23)CC1. The number of aromatic nitrogens is 1. The highest BCUT2D eigenvalue weighted by atomic mass is 35.5. The first-order chi connectivity index (χ1) is 12.8. The molecular weight excluding hydrogens is 360 g/mol. The Balaban J connectivity index is 1.47. The number of H-pyrrole nitrogens is 1. The van der Waals surface area contributed by atoms with Gasteiger partial charge in [0.2, 0.25) is 0 Å². The Hall–Kier alpha value is -1.68. The second kappa shape index (κ2) is 7.05. The van der Waals surface area contributed by atoms with Crippen molar-refractivity contribution >= 4 is 28.6 Å². The smallest absolute Gasteiger partial charge is 0.410 e. The van der Waals surface area contributed by atoms with E-state index in [2.05, 4.69) is 29.4 Å². The summed E-state index contributed by atoms with van der Waals surface area (Å²) in [5, 5.41) is 1.42. The monoisotopic (exact) mass is 388 g/mol. The van der Waals surface area contributed by atoms with Crippen LogP contribution in [0, 0.1) is 5.92 Å². The minimum atomic E-state index is -0.444. The number of alkyl halides is 1. The van der Waals surface area contributed by atoms with Crippen molar-refractivity contribution in [3.8, 4) is 0 Å². The number of likely N-dealkylation sites (tertiary alicyclic amines) is 1. The normalized spacial score (nSPS) is 20.1. The van der Waals surface area contributed by atoms with Gasteiger partial charge in [0, 0.05) is 30.2 Å². The molecular formula is C22H29ClN2O2. The summed E-state index contributed by atoms with van der Waals surface area (Å²) in [7, 11) is 0. The first kappa shape index (κ1) is 18.7. The third kappa shape index (κ3) is 4.11. The molecule has 4 nitrogen and oxygen atoms in total. The van der Waals surface area contributed by atoms with Gasteiger partial charge in [-0.15, -0.1) is 11.6 Å². The van der Waals surface area contributed by atoms with Gasteiger partial charge in [0.15, 0.2) is 0 Å². The lowest BCUT2D eigenvalue weighted by Gasteiger charge is -2.33. The third-order valence-electron chi connectivity index (χ3n) is 5.68. The molecule has 0 unspecified atom stereocenters. The molecule has 1 saturated carbocycles. The fourth-order valence-corrected chi connectivity index (χ4v) is 4.42. The fraction of sp³-hybridized carbons (Fsp3) is 0.591. The highest BCUT2D eigenvalue weighted by molar-refractivity contribution is 6.21. The van der Waals surface area contributed by atoms with Crippen LogP contribution in [0.1, 0.15) is 68.9 Å². The number of carbonyl (C=O) groups is 1. The lowest BCUT2D eigenvalue weighted by Crippen LogP contribution is -2.41. The number of piperidine rings is 1. The van der Waals surface area contributed by atoms with E-state index in [0.29, 0.717) is 11.8 Å². The zero-order valence-electron chi connectivity index (χ0n) is 16.4. The van der Waals surface area contributed by atoms with Gasteiger partial charge in [-0.3, -0.25) is 0 Å². The van der Waals surface area contributed by atoms with Gasteiger partial charge in [-0.25, -0.2) is 4.79 Å². The number of hydrogen-bond acceptors (Lipinski definition) is 2. The van der Waals surface area contributed by atoms with Crippen LogP contribution in [-0.4, -0.2) is 34.7 Å². The molecule has 1 atom stereocenters. The zero-order valence-corrected chi connectivity index (χ0v) is 17.2. The summed E-state index contributed by atoms with van der Waals surface area (Å²) in [5.74, 6) is 1.10. The molecule has 1 aromatic heterocycles. The van der Waals surface area contributed by atoms with E-state index in [1.807, 2.05) is 25.7 Å². The number of halogens is 1. The van der Waals surface area contributed by atoms with Crippen LogP contribution in [0.5, 0.6) is 0 Å². The molecule has 1 saturated heterocycles. The third-order valence-corrected chi connectivity index (χ3v) is 6.29. The molecule has 0 spiro atoms. The molecule has 27 heavy (non-hydrogen) atoms. The molecule has 5 heteroatoms. The van der Waals surface area contributed by atoms with Crippen LogP contribution in [0.15, 0.2) is 24.4 Å². The summed E-state index contributed by atoms with van der Waals surface area (Å²) in [6.07, 6.45) is 6.36. The number of ether oxygens (including phenoxy) is 1. The number of fused-ring (bicyclic) bond motifs is 1. The van der Waals surface area contributed by atoms with E-state index < -0.39 is 5.60 Å². The number of carbonyl (C=O) groups excluding carboxylic acids is 1. The number of aromatic amines is 1. The second-order valence-corrected chi connectivity index (χ2v) is 9.50. The first-order valence-corrected chi connectivity index (χ1v) is 10.5. The Morgan fingerprint density at radius 1 is 1.22 bits per heavy atom. The van der Waals surface area contributed by atoms with Crippen LogP contribution >= 0.6 is 11.6 Å². The Morgan fingerprint density at radius 3 is 2.56 bits per heavy atom. The van der Waals surface area contributed by atoms with E-state index in [0.717, 1.165) is 25.9 Å². The summed E-state index contributed by atoms with van der Waals surface area (Å²) in [4.78, 5) is 17.5. The number of benzene rings is 1. The molecule has 0 radical (unpaired) electrons. The molecule has 2 aromatic rings. The minimum absolute atomic E-state index is 0.131. The van der Waals surface area contributed by atoms with Crippen molar-refractivity contribution in [2.45, 2.75) is 63.4 Å². The van der Waals surface area contributed by atoms with Crippen molar-refractivity contribution in [3.63, 3.8) is 0 Å². The van der Waals surface area contributed by atoms with Crippen molar-refractivity contribution in [2.75, 3.05) is 13.1 Å². The summed E-state index contributed by atoms with van der Waals surface area (Å²) in [6, 6.07) is 6.59. The number of hydrogen-bond donors (Lipinski definition) is 1. The molecule has 2 fully saturated rings. The van der Waals surface area contributed by atoms with Crippen LogP contribution in [0.2, 0.25) is 0 Å². The maximum absolute atomic E-state index is 12.3. The second-order valence-electron chi connectivity index (χ2n) is 9.03. The van der Waals surface area contributed by atoms with Gasteiger partial charge in [0.1, 0.15) is 5.60 Å². The van der Waals surface area contributed by atoms with Crippen LogP contribution in [0.25, 0.3) is 10.9 Å². The van der Waals surface area contributed by atoms with E-state index in [1.54, 1.807) is 0 Å². The zero-order chi connectivity index (χ0) is 19.2. The van der Waals surface area contributed by atoms with Crippen molar-refractivity contribution in [1.29, 1.82) is 0 Å². The van der Waals surface area contributed by atoms with Gasteiger partial charge < -0.3 is 14.6 Å². The largest absolute Gasteiger partial charge is 0.444 e. The van der Waals surface area contributed by atoms with Gasteiger partial charge in [0.25, 0.3) is 0 Å². The summed E-state index contributed by atoms with van der Waals surface area (Å²) < 4.78 is 5.51. The highest BCUT2D eigenvalue weighted by Crippen LogP contribution is 2.46. The van der Waals surface area contributed by atoms with Crippen LogP contribution in [0.3, 0.4) is 0 Å². The van der Waals surface area contributed by atoms with Crippen LogP contribution < -0.4 is 0 Å². The summed E-state index contributed by atoms with van der Waals surface area (Å²) in [6.45, 7) is 7.21. The standard InChI is InChI=1S/C22H29ClN2O2/c1-22(2,3)27-21(26)25-10-8-14(9-11-25)18-13-24-19-7-6-16(12-17(18)19)20(23)15-4-5-15/h6-7,12-15,20,24H,4-5,8-11H2,1-3H3/t20-/m0/s1. The number of nitrogens with one attached hydrogen (secondary N) is 1. The molecule has 2 heterocycles. The van der Waals surface area contributed by atoms with E-state index in [-0.39, 0.29) is 11.5 Å². The van der Waals surface area contributed by atoms with Gasteiger partial charge in [-0.1, -0.05) is 6.07 Å². The predicted octanol–water partition coefficient (Wildman–Crippen LogP) is 5.97. The minimum Gasteiger partial charge on any atom is -0.444 e. The first-order valence-electron chi connectivity index (χ1n) is 10.0. The molecule has 1 amide bonds. The fourth-order valence-electron chi connectivity index (χ4n) is 4.03. The molecule has 4 rings (SSSR count). The highest BCUT2D eigenvalue weighted by Gasteiger charge is 2.32. The summed E-state index contributed by atoms with van der Waals surface area (Å²) >= 11 is 6.65. The average molecular weight is 389 g/mol. The van der Waals surface area contributed by atoms with E-state index >= 15 is 0 Å². The molecule has 1 aromatic carbocycles. The lowest BCUT2D eigenvalue weighted by molar-refractivity contribution is 0.0205. The number of rotatable bonds is 3.